The van der Waals surface area contributed by atoms with Crippen LogP contribution >= 0.6 is 0 Å². The topological polar surface area (TPSA) is 29.0 Å². The second kappa shape index (κ2) is 7.62. The number of nitrogens with zero attached hydrogens (tertiary/aromatic N) is 3. The van der Waals surface area contributed by atoms with E-state index in [-0.39, 0.29) is 11.7 Å². The second-order valence-corrected chi connectivity index (χ2v) is 8.24. The molecule has 0 bridgehead atoms. The zero-order valence-corrected chi connectivity index (χ0v) is 17.3. The van der Waals surface area contributed by atoms with Crippen LogP contribution in [0, 0.1) is 12.7 Å². The highest BCUT2D eigenvalue weighted by Crippen LogP contribution is 2.38. The molecule has 0 fully saturated rings. The molecule has 4 aromatic rings. The van der Waals surface area contributed by atoms with Gasteiger partial charge in [-0.3, -0.25) is 0 Å². The van der Waals surface area contributed by atoms with Crippen LogP contribution in [-0.4, -0.2) is 28.7 Å². The zero-order valence-electron chi connectivity index (χ0n) is 17.3. The van der Waals surface area contributed by atoms with Crippen molar-refractivity contribution in [1.29, 1.82) is 0 Å². The Morgan fingerprint density at radius 2 is 1.77 bits per heavy atom. The molecule has 1 atom stereocenters. The van der Waals surface area contributed by atoms with Crippen molar-refractivity contribution < 1.29 is 4.39 Å². The van der Waals surface area contributed by atoms with Gasteiger partial charge in [0.1, 0.15) is 5.82 Å². The normalized spacial score (nSPS) is 17.0. The van der Waals surface area contributed by atoms with Gasteiger partial charge in [0.15, 0.2) is 0 Å². The maximum absolute atomic E-state index is 15.5. The summed E-state index contributed by atoms with van der Waals surface area (Å²) in [7, 11) is 2.13. The molecular weight excluding hydrogens is 373 g/mol. The van der Waals surface area contributed by atoms with E-state index in [1.54, 1.807) is 0 Å². The van der Waals surface area contributed by atoms with E-state index in [4.69, 9.17) is 0 Å². The molecule has 0 amide bonds. The molecule has 1 aromatic heterocycles. The smallest absolute Gasteiger partial charge is 0.134 e. The number of rotatable bonds is 2. The van der Waals surface area contributed by atoms with E-state index in [2.05, 4.69) is 40.3 Å². The number of hydrogen-bond donors (Lipinski definition) is 0. The molecule has 0 radical (unpaired) electrons. The highest BCUT2D eigenvalue weighted by molar-refractivity contribution is 5.84. The number of hydrogen-bond acceptors (Lipinski definition) is 3. The highest BCUT2D eigenvalue weighted by atomic mass is 19.1. The monoisotopic (exact) mass is 397 g/mol. The summed E-state index contributed by atoms with van der Waals surface area (Å²) in [5.41, 5.74) is 6.04. The van der Waals surface area contributed by atoms with Crippen molar-refractivity contribution in [3.05, 3.63) is 94.9 Å². The van der Waals surface area contributed by atoms with Gasteiger partial charge in [0.05, 0.1) is 11.4 Å². The van der Waals surface area contributed by atoms with Crippen molar-refractivity contribution in [2.24, 2.45) is 0 Å². The first kappa shape index (κ1) is 18.9. The van der Waals surface area contributed by atoms with Gasteiger partial charge in [-0.05, 0) is 67.2 Å². The summed E-state index contributed by atoms with van der Waals surface area (Å²) in [4.78, 5) is 2.31. The Balaban J connectivity index is 1.62. The molecular formula is C26H24FN3. The van der Waals surface area contributed by atoms with Crippen molar-refractivity contribution in [1.82, 2.24) is 15.1 Å². The number of aryl methyl sites for hydroxylation is 1. The Bertz CT molecular complexity index is 1220. The molecule has 1 aliphatic rings. The van der Waals surface area contributed by atoms with Crippen LogP contribution in [0.4, 0.5) is 4.39 Å². The van der Waals surface area contributed by atoms with Crippen LogP contribution in [0.25, 0.3) is 22.0 Å². The van der Waals surface area contributed by atoms with Crippen LogP contribution < -0.4 is 0 Å². The third-order valence-corrected chi connectivity index (χ3v) is 6.12. The van der Waals surface area contributed by atoms with Crippen LogP contribution in [0.15, 0.2) is 66.7 Å². The largest absolute Gasteiger partial charge is 0.302 e. The zero-order chi connectivity index (χ0) is 20.7. The maximum Gasteiger partial charge on any atom is 0.134 e. The second-order valence-electron chi connectivity index (χ2n) is 8.24. The van der Waals surface area contributed by atoms with Gasteiger partial charge in [-0.1, -0.05) is 48.5 Å². The molecule has 0 aliphatic carbocycles. The molecule has 3 nitrogen and oxygen atoms in total. The molecule has 1 aliphatic heterocycles. The fraction of sp³-hybridized carbons (Fsp3) is 0.231. The van der Waals surface area contributed by atoms with Crippen LogP contribution in [0.3, 0.4) is 0 Å². The van der Waals surface area contributed by atoms with Crippen LogP contribution in [-0.2, 0) is 6.54 Å². The van der Waals surface area contributed by atoms with Gasteiger partial charge < -0.3 is 4.90 Å². The fourth-order valence-electron chi connectivity index (χ4n) is 4.51. The van der Waals surface area contributed by atoms with Crippen molar-refractivity contribution >= 4 is 10.8 Å². The minimum atomic E-state index is -0.0953. The van der Waals surface area contributed by atoms with Crippen LogP contribution in [0.2, 0.25) is 0 Å². The summed E-state index contributed by atoms with van der Waals surface area (Å²) >= 11 is 0. The van der Waals surface area contributed by atoms with Crippen LogP contribution in [0.5, 0.6) is 0 Å². The van der Waals surface area contributed by atoms with E-state index in [9.17, 15) is 0 Å². The first-order valence-corrected chi connectivity index (χ1v) is 10.4. The number of benzene rings is 3. The summed E-state index contributed by atoms with van der Waals surface area (Å²) in [5.74, 6) is -0.0604. The lowest BCUT2D eigenvalue weighted by Gasteiger charge is -2.20. The molecule has 0 saturated heterocycles. The average molecular weight is 397 g/mol. The van der Waals surface area contributed by atoms with E-state index in [1.807, 2.05) is 55.5 Å². The molecule has 30 heavy (non-hydrogen) atoms. The minimum absolute atomic E-state index is 0.0349. The molecule has 4 heteroatoms. The Morgan fingerprint density at radius 3 is 2.60 bits per heavy atom. The van der Waals surface area contributed by atoms with E-state index < -0.39 is 0 Å². The van der Waals surface area contributed by atoms with E-state index in [0.29, 0.717) is 5.39 Å². The van der Waals surface area contributed by atoms with Gasteiger partial charge in [0.2, 0.25) is 0 Å². The summed E-state index contributed by atoms with van der Waals surface area (Å²) in [6.45, 7) is 3.70. The van der Waals surface area contributed by atoms with Crippen LogP contribution in [0.1, 0.15) is 34.7 Å². The lowest BCUT2D eigenvalue weighted by molar-refractivity contribution is 0.328. The van der Waals surface area contributed by atoms with E-state index >= 15 is 4.39 Å². The summed E-state index contributed by atoms with van der Waals surface area (Å²) in [6, 6.07) is 22.1. The number of halogens is 1. The predicted molar refractivity (Wildman–Crippen MR) is 119 cm³/mol. The van der Waals surface area contributed by atoms with Gasteiger partial charge in [0, 0.05) is 23.4 Å². The highest BCUT2D eigenvalue weighted by Gasteiger charge is 2.26. The van der Waals surface area contributed by atoms with E-state index in [1.165, 1.54) is 11.1 Å². The molecule has 5 rings (SSSR count). The minimum Gasteiger partial charge on any atom is -0.302 e. The Kier molecular flexibility index (Phi) is 4.80. The molecule has 0 saturated carbocycles. The standard InChI is InChI=1S/C26H24FN3/c1-17-7-12-25(29-28-17)19-9-10-21-20(15-19)16-30(2)14-13-23(21)24-11-8-18-5-3-4-6-22(18)26(24)27/h3-12,15,23H,13-14,16H2,1-2H3. The van der Waals surface area contributed by atoms with Gasteiger partial charge in [-0.25, -0.2) is 4.39 Å². The third-order valence-electron chi connectivity index (χ3n) is 6.12. The first-order valence-electron chi connectivity index (χ1n) is 10.4. The molecule has 150 valence electrons. The molecule has 0 N–H and O–H groups in total. The Morgan fingerprint density at radius 1 is 0.933 bits per heavy atom. The summed E-state index contributed by atoms with van der Waals surface area (Å²) < 4.78 is 15.5. The predicted octanol–water partition coefficient (Wildman–Crippen LogP) is 5.71. The first-order chi connectivity index (χ1) is 14.6. The summed E-state index contributed by atoms with van der Waals surface area (Å²) in [5, 5.41) is 10.2. The summed E-state index contributed by atoms with van der Waals surface area (Å²) in [6.07, 6.45) is 0.891. The average Bonchev–Trinajstić information content (AvgIpc) is 2.92. The van der Waals surface area contributed by atoms with Gasteiger partial charge >= 0.3 is 0 Å². The Hall–Kier alpha value is -3.11. The van der Waals surface area contributed by atoms with E-state index in [0.717, 1.165) is 47.4 Å². The Labute approximate surface area is 176 Å². The van der Waals surface area contributed by atoms with Crippen molar-refractivity contribution in [3.63, 3.8) is 0 Å². The van der Waals surface area contributed by atoms with Gasteiger partial charge in [-0.2, -0.15) is 10.2 Å². The van der Waals surface area contributed by atoms with Crippen molar-refractivity contribution in [2.45, 2.75) is 25.8 Å². The fourth-order valence-corrected chi connectivity index (χ4v) is 4.51. The molecule has 0 spiro atoms. The van der Waals surface area contributed by atoms with Crippen molar-refractivity contribution in [3.8, 4) is 11.3 Å². The number of fused-ring (bicyclic) bond motifs is 2. The molecule has 2 heterocycles. The lowest BCUT2D eigenvalue weighted by atomic mass is 9.84. The molecule has 1 unspecified atom stereocenters. The van der Waals surface area contributed by atoms with Gasteiger partial charge in [-0.15, -0.1) is 0 Å². The van der Waals surface area contributed by atoms with Gasteiger partial charge in [0.25, 0.3) is 0 Å². The SMILES string of the molecule is Cc1ccc(-c2ccc3c(c2)CN(C)CCC3c2ccc3ccccc3c2F)nn1. The molecule has 3 aromatic carbocycles. The lowest BCUT2D eigenvalue weighted by Crippen LogP contribution is -2.17. The maximum atomic E-state index is 15.5. The quantitative estimate of drug-likeness (QED) is 0.434. The number of aromatic nitrogens is 2. The van der Waals surface area contributed by atoms with Crippen molar-refractivity contribution in [2.75, 3.05) is 13.6 Å². The third kappa shape index (κ3) is 3.37.